The minimum absolute atomic E-state index is 0.140. The second-order valence-corrected chi connectivity index (χ2v) is 5.15. The summed E-state index contributed by atoms with van der Waals surface area (Å²) in [5, 5.41) is 9.09. The van der Waals surface area contributed by atoms with Crippen LogP contribution in [0.4, 0.5) is 5.69 Å². The lowest BCUT2D eigenvalue weighted by Gasteiger charge is -2.37. The van der Waals surface area contributed by atoms with Crippen molar-refractivity contribution in [2.75, 3.05) is 18.6 Å². The molecule has 0 unspecified atom stereocenters. The highest BCUT2D eigenvalue weighted by atomic mass is 16.3. The van der Waals surface area contributed by atoms with Crippen molar-refractivity contribution in [1.82, 2.24) is 9.97 Å². The molecule has 0 amide bonds. The summed E-state index contributed by atoms with van der Waals surface area (Å²) >= 11 is 0. The zero-order valence-corrected chi connectivity index (χ0v) is 10.9. The summed E-state index contributed by atoms with van der Waals surface area (Å²) in [6.07, 6.45) is 0.686. The summed E-state index contributed by atoms with van der Waals surface area (Å²) in [6.45, 7) is 4.31. The fraction of sp³-hybridized carbons (Fsp3) is 0.462. The van der Waals surface area contributed by atoms with Crippen LogP contribution < -0.4 is 10.6 Å². The Labute approximate surface area is 105 Å². The van der Waals surface area contributed by atoms with Gasteiger partial charge in [0.1, 0.15) is 0 Å². The van der Waals surface area contributed by atoms with Crippen molar-refractivity contribution in [2.24, 2.45) is 0 Å². The van der Waals surface area contributed by atoms with Crippen LogP contribution in [0.2, 0.25) is 0 Å². The molecule has 5 nitrogen and oxygen atoms in total. The normalized spacial score (nSPS) is 12.0. The Balaban J connectivity index is 2.38. The van der Waals surface area contributed by atoms with Crippen LogP contribution in [0.5, 0.6) is 0 Å². The van der Waals surface area contributed by atoms with Gasteiger partial charge in [0.05, 0.1) is 11.0 Å². The number of hydrogen-bond donors (Lipinski definition) is 3. The van der Waals surface area contributed by atoms with Crippen LogP contribution >= 0.6 is 0 Å². The highest BCUT2D eigenvalue weighted by molar-refractivity contribution is 5.79. The van der Waals surface area contributed by atoms with Crippen molar-refractivity contribution in [3.05, 3.63) is 28.7 Å². The number of hydrogen-bond acceptors (Lipinski definition) is 3. The third-order valence-corrected chi connectivity index (χ3v) is 3.52. The first-order valence-corrected chi connectivity index (χ1v) is 6.01. The summed E-state index contributed by atoms with van der Waals surface area (Å²) in [7, 11) is 1.99. The van der Waals surface area contributed by atoms with E-state index in [2.05, 4.69) is 28.7 Å². The number of imidazole rings is 1. The predicted molar refractivity (Wildman–Crippen MR) is 73.1 cm³/mol. The van der Waals surface area contributed by atoms with E-state index in [0.717, 1.165) is 16.7 Å². The second kappa shape index (κ2) is 4.49. The molecule has 1 aromatic carbocycles. The summed E-state index contributed by atoms with van der Waals surface area (Å²) in [6, 6.07) is 5.78. The SMILES string of the molecule is CN(c1ccc2[nH]c(=O)[nH]c2c1)C(C)(C)CCO. The average Bonchev–Trinajstić information content (AvgIpc) is 2.66. The van der Waals surface area contributed by atoms with Crippen LogP contribution in [0.15, 0.2) is 23.0 Å². The van der Waals surface area contributed by atoms with Crippen molar-refractivity contribution in [2.45, 2.75) is 25.8 Å². The van der Waals surface area contributed by atoms with Crippen LogP contribution in [0, 0.1) is 0 Å². The fourth-order valence-electron chi connectivity index (χ4n) is 2.02. The van der Waals surface area contributed by atoms with Crippen LogP contribution in [0.25, 0.3) is 11.0 Å². The molecule has 0 saturated carbocycles. The van der Waals surface area contributed by atoms with Gasteiger partial charge in [-0.1, -0.05) is 0 Å². The van der Waals surface area contributed by atoms with Gasteiger partial charge in [-0.3, -0.25) is 0 Å². The van der Waals surface area contributed by atoms with Gasteiger partial charge in [-0.15, -0.1) is 0 Å². The van der Waals surface area contributed by atoms with Gasteiger partial charge < -0.3 is 20.0 Å². The first-order chi connectivity index (χ1) is 8.44. The molecule has 0 aliphatic heterocycles. The topological polar surface area (TPSA) is 72.1 Å². The molecular weight excluding hydrogens is 230 g/mol. The van der Waals surface area contributed by atoms with Crippen LogP contribution in [0.1, 0.15) is 20.3 Å². The molecule has 5 heteroatoms. The monoisotopic (exact) mass is 249 g/mol. The summed E-state index contributed by atoms with van der Waals surface area (Å²) in [4.78, 5) is 18.8. The van der Waals surface area contributed by atoms with E-state index in [-0.39, 0.29) is 17.8 Å². The van der Waals surface area contributed by atoms with Crippen molar-refractivity contribution in [3.8, 4) is 0 Å². The highest BCUT2D eigenvalue weighted by Gasteiger charge is 2.23. The van der Waals surface area contributed by atoms with Gasteiger partial charge in [0.25, 0.3) is 0 Å². The zero-order chi connectivity index (χ0) is 13.3. The van der Waals surface area contributed by atoms with Crippen LogP contribution in [-0.4, -0.2) is 34.3 Å². The summed E-state index contributed by atoms with van der Waals surface area (Å²) < 4.78 is 0. The predicted octanol–water partition coefficient (Wildman–Crippen LogP) is 1.45. The standard InChI is InChI=1S/C13H19N3O2/c1-13(2,6-7-17)16(3)9-4-5-10-11(8-9)15-12(18)14-10/h4-5,8,17H,6-7H2,1-3H3,(H2,14,15,18). The number of aromatic nitrogens is 2. The Morgan fingerprint density at radius 3 is 2.61 bits per heavy atom. The minimum Gasteiger partial charge on any atom is -0.396 e. The Hall–Kier alpha value is -1.75. The van der Waals surface area contributed by atoms with Gasteiger partial charge in [-0.05, 0) is 38.5 Å². The molecule has 3 N–H and O–H groups in total. The lowest BCUT2D eigenvalue weighted by atomic mass is 9.98. The Morgan fingerprint density at radius 2 is 1.94 bits per heavy atom. The van der Waals surface area contributed by atoms with Crippen molar-refractivity contribution in [3.63, 3.8) is 0 Å². The number of nitrogens with zero attached hydrogens (tertiary/aromatic N) is 1. The Bertz CT molecular complexity index is 598. The molecule has 0 fully saturated rings. The quantitative estimate of drug-likeness (QED) is 0.768. The molecule has 0 radical (unpaired) electrons. The molecule has 0 aliphatic rings. The van der Waals surface area contributed by atoms with E-state index in [1.807, 2.05) is 25.2 Å². The van der Waals surface area contributed by atoms with E-state index in [4.69, 9.17) is 5.11 Å². The van der Waals surface area contributed by atoms with Gasteiger partial charge in [-0.2, -0.15) is 0 Å². The molecular formula is C13H19N3O2. The number of aliphatic hydroxyl groups excluding tert-OH is 1. The Morgan fingerprint density at radius 1 is 1.28 bits per heavy atom. The third kappa shape index (κ3) is 2.26. The number of aromatic amines is 2. The van der Waals surface area contributed by atoms with Crippen molar-refractivity contribution < 1.29 is 5.11 Å². The van der Waals surface area contributed by atoms with Gasteiger partial charge in [0, 0.05) is 24.9 Å². The van der Waals surface area contributed by atoms with E-state index >= 15 is 0 Å². The lowest BCUT2D eigenvalue weighted by Crippen LogP contribution is -2.41. The molecule has 2 rings (SSSR count). The van der Waals surface area contributed by atoms with E-state index < -0.39 is 0 Å². The zero-order valence-electron chi connectivity index (χ0n) is 10.9. The molecule has 2 aromatic rings. The van der Waals surface area contributed by atoms with Crippen LogP contribution in [0.3, 0.4) is 0 Å². The van der Waals surface area contributed by atoms with E-state index in [1.165, 1.54) is 0 Å². The van der Waals surface area contributed by atoms with Gasteiger partial charge in [0.2, 0.25) is 0 Å². The maximum absolute atomic E-state index is 11.2. The van der Waals surface area contributed by atoms with Crippen molar-refractivity contribution in [1.29, 1.82) is 0 Å². The van der Waals surface area contributed by atoms with Crippen molar-refractivity contribution >= 4 is 16.7 Å². The van der Waals surface area contributed by atoms with E-state index in [0.29, 0.717) is 6.42 Å². The third-order valence-electron chi connectivity index (χ3n) is 3.52. The highest BCUT2D eigenvalue weighted by Crippen LogP contribution is 2.26. The van der Waals surface area contributed by atoms with E-state index in [1.54, 1.807) is 0 Å². The number of benzene rings is 1. The second-order valence-electron chi connectivity index (χ2n) is 5.15. The van der Waals surface area contributed by atoms with Gasteiger partial charge >= 0.3 is 5.69 Å². The molecule has 0 saturated heterocycles. The first kappa shape index (κ1) is 12.7. The maximum atomic E-state index is 11.2. The number of nitrogens with one attached hydrogen (secondary N) is 2. The number of rotatable bonds is 4. The first-order valence-electron chi connectivity index (χ1n) is 6.01. The van der Waals surface area contributed by atoms with E-state index in [9.17, 15) is 4.79 Å². The average molecular weight is 249 g/mol. The number of aliphatic hydroxyl groups is 1. The maximum Gasteiger partial charge on any atom is 0.323 e. The molecule has 0 bridgehead atoms. The number of H-pyrrole nitrogens is 2. The molecule has 0 atom stereocenters. The summed E-state index contributed by atoms with van der Waals surface area (Å²) in [5.41, 5.74) is 2.27. The largest absolute Gasteiger partial charge is 0.396 e. The van der Waals surface area contributed by atoms with Gasteiger partial charge in [0.15, 0.2) is 0 Å². The fourth-order valence-corrected chi connectivity index (χ4v) is 2.02. The molecule has 1 aromatic heterocycles. The smallest absolute Gasteiger partial charge is 0.323 e. The molecule has 0 spiro atoms. The minimum atomic E-state index is -0.195. The number of fused-ring (bicyclic) bond motifs is 1. The molecule has 18 heavy (non-hydrogen) atoms. The Kier molecular flexibility index (Phi) is 3.17. The lowest BCUT2D eigenvalue weighted by molar-refractivity contribution is 0.250. The van der Waals surface area contributed by atoms with Crippen LogP contribution in [-0.2, 0) is 0 Å². The number of anilines is 1. The molecule has 98 valence electrons. The molecule has 0 aliphatic carbocycles. The molecule has 1 heterocycles. The van der Waals surface area contributed by atoms with Gasteiger partial charge in [-0.25, -0.2) is 4.79 Å². The summed E-state index contributed by atoms with van der Waals surface area (Å²) in [5.74, 6) is 0.